The van der Waals surface area contributed by atoms with Gasteiger partial charge in [-0.3, -0.25) is 0 Å². The number of benzene rings is 1. The molecule has 1 aromatic carbocycles. The Kier molecular flexibility index (Phi) is 5.87. The Labute approximate surface area is 117 Å². The molecule has 1 heterocycles. The van der Waals surface area contributed by atoms with Crippen molar-refractivity contribution in [1.82, 2.24) is 5.32 Å². The summed E-state index contributed by atoms with van der Waals surface area (Å²) >= 11 is 0. The number of aryl methyl sites for hydroxylation is 2. The highest BCUT2D eigenvalue weighted by Crippen LogP contribution is 2.19. The quantitative estimate of drug-likeness (QED) is 0.811. The van der Waals surface area contributed by atoms with E-state index in [2.05, 4.69) is 43.6 Å². The maximum atomic E-state index is 5.70. The fraction of sp³-hybridized carbons (Fsp3) is 0.647. The molecule has 2 nitrogen and oxygen atoms in total. The zero-order valence-corrected chi connectivity index (χ0v) is 12.3. The number of rotatable bonds is 7. The van der Waals surface area contributed by atoms with Crippen LogP contribution < -0.4 is 5.32 Å². The second kappa shape index (κ2) is 7.66. The molecule has 2 rings (SSSR count). The van der Waals surface area contributed by atoms with Crippen LogP contribution in [0.1, 0.15) is 43.2 Å². The lowest BCUT2D eigenvalue weighted by molar-refractivity contribution is 0.0995. The van der Waals surface area contributed by atoms with Crippen LogP contribution in [-0.2, 0) is 11.2 Å². The van der Waals surface area contributed by atoms with Gasteiger partial charge >= 0.3 is 0 Å². The van der Waals surface area contributed by atoms with Gasteiger partial charge in [0.2, 0.25) is 0 Å². The van der Waals surface area contributed by atoms with Crippen molar-refractivity contribution in [2.45, 2.75) is 57.6 Å². The Morgan fingerprint density at radius 1 is 1.32 bits per heavy atom. The van der Waals surface area contributed by atoms with E-state index < -0.39 is 0 Å². The molecule has 1 saturated heterocycles. The minimum absolute atomic E-state index is 0.523. The molecule has 1 aliphatic rings. The summed E-state index contributed by atoms with van der Waals surface area (Å²) in [6.45, 7) is 3.17. The Hall–Kier alpha value is -0.860. The second-order valence-electron chi connectivity index (χ2n) is 5.66. The molecule has 1 aliphatic heterocycles. The number of hydrogen-bond donors (Lipinski definition) is 1. The first-order valence-corrected chi connectivity index (χ1v) is 7.63. The minimum atomic E-state index is 0.523. The van der Waals surface area contributed by atoms with Gasteiger partial charge in [0, 0.05) is 12.6 Å². The summed E-state index contributed by atoms with van der Waals surface area (Å²) in [5, 5.41) is 3.46. The highest BCUT2D eigenvalue weighted by Gasteiger charge is 2.17. The second-order valence-corrected chi connectivity index (χ2v) is 5.66. The third kappa shape index (κ3) is 4.63. The molecule has 0 saturated carbocycles. The molecule has 1 fully saturated rings. The summed E-state index contributed by atoms with van der Waals surface area (Å²) in [6, 6.07) is 9.33. The van der Waals surface area contributed by atoms with Crippen LogP contribution >= 0.6 is 0 Å². The normalized spacial score (nSPS) is 20.6. The SMILES string of the molecule is CNC(CCc1ccccc1C)CCC1CCCO1. The third-order valence-electron chi connectivity index (χ3n) is 4.29. The summed E-state index contributed by atoms with van der Waals surface area (Å²) in [6.07, 6.45) is 7.85. The fourth-order valence-electron chi connectivity index (χ4n) is 2.91. The van der Waals surface area contributed by atoms with E-state index in [0.717, 1.165) is 6.61 Å². The van der Waals surface area contributed by atoms with Crippen LogP contribution in [0, 0.1) is 6.92 Å². The van der Waals surface area contributed by atoms with Crippen LogP contribution in [0.15, 0.2) is 24.3 Å². The van der Waals surface area contributed by atoms with Crippen LogP contribution in [0.25, 0.3) is 0 Å². The first kappa shape index (κ1) is 14.5. The van der Waals surface area contributed by atoms with Gasteiger partial charge in [-0.1, -0.05) is 24.3 Å². The largest absolute Gasteiger partial charge is 0.378 e. The van der Waals surface area contributed by atoms with E-state index in [1.807, 2.05) is 0 Å². The Morgan fingerprint density at radius 3 is 2.84 bits per heavy atom. The summed E-state index contributed by atoms with van der Waals surface area (Å²) in [4.78, 5) is 0. The van der Waals surface area contributed by atoms with E-state index >= 15 is 0 Å². The lowest BCUT2D eigenvalue weighted by Crippen LogP contribution is -2.27. The van der Waals surface area contributed by atoms with Crippen LogP contribution in [0.2, 0.25) is 0 Å². The predicted molar refractivity (Wildman–Crippen MR) is 80.6 cm³/mol. The third-order valence-corrected chi connectivity index (χ3v) is 4.29. The molecule has 2 heteroatoms. The summed E-state index contributed by atoms with van der Waals surface area (Å²) in [5.74, 6) is 0. The van der Waals surface area contributed by atoms with Gasteiger partial charge < -0.3 is 10.1 Å². The van der Waals surface area contributed by atoms with Crippen molar-refractivity contribution in [3.63, 3.8) is 0 Å². The van der Waals surface area contributed by atoms with Gasteiger partial charge in [0.1, 0.15) is 0 Å². The van der Waals surface area contributed by atoms with Crippen LogP contribution in [0.5, 0.6) is 0 Å². The number of hydrogen-bond acceptors (Lipinski definition) is 2. The fourth-order valence-corrected chi connectivity index (χ4v) is 2.91. The number of ether oxygens (including phenoxy) is 1. The predicted octanol–water partition coefficient (Wildman–Crippen LogP) is 3.47. The highest BCUT2D eigenvalue weighted by atomic mass is 16.5. The summed E-state index contributed by atoms with van der Waals surface area (Å²) < 4.78 is 5.70. The van der Waals surface area contributed by atoms with Gasteiger partial charge in [0.15, 0.2) is 0 Å². The van der Waals surface area contributed by atoms with E-state index in [1.54, 1.807) is 0 Å². The Morgan fingerprint density at radius 2 is 2.16 bits per heavy atom. The molecule has 2 unspecified atom stereocenters. The average molecular weight is 261 g/mol. The van der Waals surface area contributed by atoms with E-state index in [0.29, 0.717) is 12.1 Å². The maximum absolute atomic E-state index is 5.70. The van der Waals surface area contributed by atoms with Gasteiger partial charge in [-0.15, -0.1) is 0 Å². The van der Waals surface area contributed by atoms with E-state index in [9.17, 15) is 0 Å². The van der Waals surface area contributed by atoms with Crippen molar-refractivity contribution in [2.75, 3.05) is 13.7 Å². The van der Waals surface area contributed by atoms with E-state index in [4.69, 9.17) is 4.74 Å². The molecule has 106 valence electrons. The average Bonchev–Trinajstić information content (AvgIpc) is 2.94. The van der Waals surface area contributed by atoms with Gasteiger partial charge in [0.05, 0.1) is 6.10 Å². The maximum Gasteiger partial charge on any atom is 0.0576 e. The van der Waals surface area contributed by atoms with Crippen molar-refractivity contribution < 1.29 is 4.74 Å². The van der Waals surface area contributed by atoms with Gasteiger partial charge in [-0.05, 0) is 63.6 Å². The molecular formula is C17H27NO. The van der Waals surface area contributed by atoms with Gasteiger partial charge in [0.25, 0.3) is 0 Å². The topological polar surface area (TPSA) is 21.3 Å². The van der Waals surface area contributed by atoms with Gasteiger partial charge in [-0.2, -0.15) is 0 Å². The van der Waals surface area contributed by atoms with E-state index in [-0.39, 0.29) is 0 Å². The molecule has 0 radical (unpaired) electrons. The van der Waals surface area contributed by atoms with Crippen molar-refractivity contribution in [3.05, 3.63) is 35.4 Å². The van der Waals surface area contributed by atoms with Crippen LogP contribution in [0.4, 0.5) is 0 Å². The molecule has 0 bridgehead atoms. The monoisotopic (exact) mass is 261 g/mol. The van der Waals surface area contributed by atoms with Crippen molar-refractivity contribution in [2.24, 2.45) is 0 Å². The molecule has 1 N–H and O–H groups in total. The van der Waals surface area contributed by atoms with Crippen molar-refractivity contribution >= 4 is 0 Å². The lowest BCUT2D eigenvalue weighted by atomic mass is 9.97. The highest BCUT2D eigenvalue weighted by molar-refractivity contribution is 5.25. The van der Waals surface area contributed by atoms with Crippen LogP contribution in [0.3, 0.4) is 0 Å². The summed E-state index contributed by atoms with van der Waals surface area (Å²) in [5.41, 5.74) is 2.90. The smallest absolute Gasteiger partial charge is 0.0576 e. The molecule has 0 aliphatic carbocycles. The molecule has 0 amide bonds. The first-order valence-electron chi connectivity index (χ1n) is 7.63. The lowest BCUT2D eigenvalue weighted by Gasteiger charge is -2.18. The van der Waals surface area contributed by atoms with Crippen molar-refractivity contribution in [3.8, 4) is 0 Å². The number of nitrogens with one attached hydrogen (secondary N) is 1. The minimum Gasteiger partial charge on any atom is -0.378 e. The molecule has 2 atom stereocenters. The van der Waals surface area contributed by atoms with Crippen LogP contribution in [-0.4, -0.2) is 25.8 Å². The van der Waals surface area contributed by atoms with Gasteiger partial charge in [-0.25, -0.2) is 0 Å². The molecule has 1 aromatic rings. The Bertz CT molecular complexity index is 371. The summed E-state index contributed by atoms with van der Waals surface area (Å²) in [7, 11) is 2.08. The van der Waals surface area contributed by atoms with E-state index in [1.165, 1.54) is 49.7 Å². The zero-order chi connectivity index (χ0) is 13.5. The standard InChI is InChI=1S/C17H27NO/c1-14-6-3-4-7-15(14)9-10-16(18-2)11-12-17-8-5-13-19-17/h3-4,6-7,16-18H,5,8-13H2,1-2H3. The molecule has 0 aromatic heterocycles. The molecule has 0 spiro atoms. The molecule has 19 heavy (non-hydrogen) atoms. The van der Waals surface area contributed by atoms with Crippen molar-refractivity contribution in [1.29, 1.82) is 0 Å². The first-order chi connectivity index (χ1) is 9.29. The molecular weight excluding hydrogens is 234 g/mol. The zero-order valence-electron chi connectivity index (χ0n) is 12.3. The Balaban J connectivity index is 1.74.